The molecular formula is C19H15F3N6O. The van der Waals surface area contributed by atoms with Crippen molar-refractivity contribution >= 4 is 17.5 Å². The third-order valence-corrected chi connectivity index (χ3v) is 4.19. The predicted octanol–water partition coefficient (Wildman–Crippen LogP) is 3.56. The van der Waals surface area contributed by atoms with E-state index in [1.807, 2.05) is 6.92 Å². The van der Waals surface area contributed by atoms with E-state index in [-0.39, 0.29) is 24.0 Å². The second-order valence-corrected chi connectivity index (χ2v) is 6.46. The summed E-state index contributed by atoms with van der Waals surface area (Å²) in [4.78, 5) is 16.3. The summed E-state index contributed by atoms with van der Waals surface area (Å²) < 4.78 is 42.7. The van der Waals surface area contributed by atoms with E-state index >= 15 is 0 Å². The van der Waals surface area contributed by atoms with Gasteiger partial charge >= 0.3 is 6.18 Å². The lowest BCUT2D eigenvalue weighted by Gasteiger charge is -2.12. The maximum Gasteiger partial charge on any atom is 0.417 e. The van der Waals surface area contributed by atoms with Crippen molar-refractivity contribution in [3.63, 3.8) is 0 Å². The number of alkyl halides is 3. The molecule has 1 aromatic carbocycles. The SMILES string of the molecule is Cc1cnn(CC(=O)Nc2nc3ccc(-c4ccccc4C(F)(F)F)cn3n2)c1. The van der Waals surface area contributed by atoms with Gasteiger partial charge in [0.2, 0.25) is 11.9 Å². The van der Waals surface area contributed by atoms with Crippen LogP contribution in [0.5, 0.6) is 0 Å². The van der Waals surface area contributed by atoms with Crippen LogP contribution >= 0.6 is 0 Å². The van der Waals surface area contributed by atoms with E-state index in [0.29, 0.717) is 11.2 Å². The van der Waals surface area contributed by atoms with Crippen molar-refractivity contribution in [1.29, 1.82) is 0 Å². The van der Waals surface area contributed by atoms with Crippen molar-refractivity contribution in [3.8, 4) is 11.1 Å². The van der Waals surface area contributed by atoms with E-state index in [1.165, 1.54) is 33.6 Å². The Hall–Kier alpha value is -3.69. The number of pyridine rings is 1. The Balaban J connectivity index is 1.59. The Morgan fingerprint density at radius 3 is 2.66 bits per heavy atom. The first kappa shape index (κ1) is 18.7. The summed E-state index contributed by atoms with van der Waals surface area (Å²) in [5.41, 5.74) is 0.957. The van der Waals surface area contributed by atoms with Gasteiger partial charge in [0.15, 0.2) is 5.65 Å². The van der Waals surface area contributed by atoms with Crippen molar-refractivity contribution in [1.82, 2.24) is 24.4 Å². The normalized spacial score (nSPS) is 11.7. The molecule has 1 amide bonds. The second-order valence-electron chi connectivity index (χ2n) is 6.46. The lowest BCUT2D eigenvalue weighted by atomic mass is 10.0. The van der Waals surface area contributed by atoms with Gasteiger partial charge in [0.1, 0.15) is 6.54 Å². The molecule has 0 bridgehead atoms. The van der Waals surface area contributed by atoms with Crippen LogP contribution in [0.4, 0.5) is 19.1 Å². The van der Waals surface area contributed by atoms with Crippen LogP contribution in [0.3, 0.4) is 0 Å². The molecule has 4 rings (SSSR count). The number of rotatable bonds is 4. The first-order valence-electron chi connectivity index (χ1n) is 8.61. The summed E-state index contributed by atoms with van der Waals surface area (Å²) in [6.07, 6.45) is 0.329. The maximum absolute atomic E-state index is 13.3. The van der Waals surface area contributed by atoms with Gasteiger partial charge < -0.3 is 0 Å². The standard InChI is InChI=1S/C19H15F3N6O/c1-12-8-23-27(9-12)11-17(29)25-18-24-16-7-6-13(10-28(16)26-18)14-4-2-3-5-15(14)19(20,21)22/h2-10H,11H2,1H3,(H,25,26,29). The highest BCUT2D eigenvalue weighted by atomic mass is 19.4. The van der Waals surface area contributed by atoms with E-state index in [2.05, 4.69) is 20.5 Å². The zero-order valence-corrected chi connectivity index (χ0v) is 15.2. The second kappa shape index (κ2) is 7.04. The molecule has 10 heteroatoms. The number of nitrogens with zero attached hydrogens (tertiary/aromatic N) is 5. The molecule has 1 N–H and O–H groups in total. The number of anilines is 1. The first-order chi connectivity index (χ1) is 13.8. The summed E-state index contributed by atoms with van der Waals surface area (Å²) in [6.45, 7) is 1.85. The fourth-order valence-electron chi connectivity index (χ4n) is 2.94. The molecule has 4 aromatic rings. The highest BCUT2D eigenvalue weighted by molar-refractivity contribution is 5.88. The molecule has 148 valence electrons. The van der Waals surface area contributed by atoms with Gasteiger partial charge in [-0.2, -0.15) is 23.3 Å². The van der Waals surface area contributed by atoms with Crippen molar-refractivity contribution in [2.75, 3.05) is 5.32 Å². The van der Waals surface area contributed by atoms with E-state index in [4.69, 9.17) is 0 Å². The third kappa shape index (κ3) is 3.96. The van der Waals surface area contributed by atoms with Crippen LogP contribution < -0.4 is 5.32 Å². The molecule has 0 aliphatic rings. The predicted molar refractivity (Wildman–Crippen MR) is 99.0 cm³/mol. The monoisotopic (exact) mass is 400 g/mol. The quantitative estimate of drug-likeness (QED) is 0.568. The maximum atomic E-state index is 13.3. The number of nitrogens with one attached hydrogen (secondary N) is 1. The van der Waals surface area contributed by atoms with E-state index in [1.54, 1.807) is 24.5 Å². The summed E-state index contributed by atoms with van der Waals surface area (Å²) >= 11 is 0. The number of amides is 1. The van der Waals surface area contributed by atoms with Gasteiger partial charge in [-0.1, -0.05) is 18.2 Å². The molecule has 29 heavy (non-hydrogen) atoms. The van der Waals surface area contributed by atoms with Gasteiger partial charge in [0.05, 0.1) is 11.8 Å². The van der Waals surface area contributed by atoms with Crippen molar-refractivity contribution in [3.05, 3.63) is 66.1 Å². The summed E-state index contributed by atoms with van der Waals surface area (Å²) in [7, 11) is 0. The number of hydrogen-bond acceptors (Lipinski definition) is 4. The van der Waals surface area contributed by atoms with Crippen molar-refractivity contribution < 1.29 is 18.0 Å². The van der Waals surface area contributed by atoms with Crippen LogP contribution in [-0.4, -0.2) is 30.3 Å². The molecule has 7 nitrogen and oxygen atoms in total. The summed E-state index contributed by atoms with van der Waals surface area (Å²) in [6, 6.07) is 8.39. The molecule has 0 aliphatic carbocycles. The van der Waals surface area contributed by atoms with Gasteiger partial charge in [-0.15, -0.1) is 5.10 Å². The molecule has 0 spiro atoms. The number of carbonyl (C=O) groups excluding carboxylic acids is 1. The molecule has 0 unspecified atom stereocenters. The summed E-state index contributed by atoms with van der Waals surface area (Å²) in [5.74, 6) is -0.313. The average molecular weight is 400 g/mol. The molecule has 0 fully saturated rings. The Morgan fingerprint density at radius 1 is 1.14 bits per heavy atom. The van der Waals surface area contributed by atoms with Crippen LogP contribution in [0, 0.1) is 6.92 Å². The van der Waals surface area contributed by atoms with E-state index in [0.717, 1.165) is 11.6 Å². The number of aryl methyl sites for hydroxylation is 1. The number of aromatic nitrogens is 5. The highest BCUT2D eigenvalue weighted by Crippen LogP contribution is 2.36. The average Bonchev–Trinajstić information content (AvgIpc) is 3.25. The molecule has 3 aromatic heterocycles. The Bertz CT molecular complexity index is 1190. The first-order valence-corrected chi connectivity index (χ1v) is 8.61. The number of halogens is 3. The highest BCUT2D eigenvalue weighted by Gasteiger charge is 2.33. The molecule has 0 atom stereocenters. The van der Waals surface area contributed by atoms with Gasteiger partial charge in [-0.25, -0.2) is 4.52 Å². The largest absolute Gasteiger partial charge is 0.417 e. The van der Waals surface area contributed by atoms with Gasteiger partial charge in [-0.3, -0.25) is 14.8 Å². The topological polar surface area (TPSA) is 77.1 Å². The minimum absolute atomic E-state index is 0.00635. The third-order valence-electron chi connectivity index (χ3n) is 4.19. The molecule has 0 saturated carbocycles. The summed E-state index contributed by atoms with van der Waals surface area (Å²) in [5, 5.41) is 10.7. The van der Waals surface area contributed by atoms with Crippen LogP contribution in [0.15, 0.2) is 55.0 Å². The lowest BCUT2D eigenvalue weighted by molar-refractivity contribution is -0.137. The Labute approximate surface area is 162 Å². The lowest BCUT2D eigenvalue weighted by Crippen LogP contribution is -2.19. The van der Waals surface area contributed by atoms with E-state index in [9.17, 15) is 18.0 Å². The van der Waals surface area contributed by atoms with Crippen LogP contribution in [0.2, 0.25) is 0 Å². The fourth-order valence-corrected chi connectivity index (χ4v) is 2.94. The zero-order chi connectivity index (χ0) is 20.6. The van der Waals surface area contributed by atoms with Crippen molar-refractivity contribution in [2.45, 2.75) is 19.6 Å². The number of hydrogen-bond donors (Lipinski definition) is 1. The van der Waals surface area contributed by atoms with Gasteiger partial charge in [0.25, 0.3) is 0 Å². The molecule has 0 saturated heterocycles. The zero-order valence-electron chi connectivity index (χ0n) is 15.2. The van der Waals surface area contributed by atoms with Gasteiger partial charge in [0, 0.05) is 18.0 Å². The molecule has 0 radical (unpaired) electrons. The Morgan fingerprint density at radius 2 is 1.93 bits per heavy atom. The van der Waals surface area contributed by atoms with Crippen molar-refractivity contribution in [2.24, 2.45) is 0 Å². The van der Waals surface area contributed by atoms with Crippen LogP contribution in [-0.2, 0) is 17.5 Å². The number of carbonyl (C=O) groups is 1. The van der Waals surface area contributed by atoms with Gasteiger partial charge in [-0.05, 0) is 36.2 Å². The van der Waals surface area contributed by atoms with Crippen LogP contribution in [0.25, 0.3) is 16.8 Å². The minimum Gasteiger partial charge on any atom is -0.292 e. The fraction of sp³-hybridized carbons (Fsp3) is 0.158. The molecular weight excluding hydrogens is 385 g/mol. The van der Waals surface area contributed by atoms with E-state index < -0.39 is 11.7 Å². The number of benzene rings is 1. The molecule has 3 heterocycles. The minimum atomic E-state index is -4.47. The number of fused-ring (bicyclic) bond motifs is 1. The Kier molecular flexibility index (Phi) is 4.53. The van der Waals surface area contributed by atoms with Crippen LogP contribution in [0.1, 0.15) is 11.1 Å². The smallest absolute Gasteiger partial charge is 0.292 e. The molecule has 0 aliphatic heterocycles.